The summed E-state index contributed by atoms with van der Waals surface area (Å²) in [5.74, 6) is 0. The molecule has 0 bridgehead atoms. The van der Waals surface area contributed by atoms with Crippen LogP contribution in [0.2, 0.25) is 0 Å². The maximum absolute atomic E-state index is 4.56. The largest absolute Gasteiger partial charge is 0.289 e. The molecule has 0 spiro atoms. The van der Waals surface area contributed by atoms with E-state index in [1.54, 1.807) is 5.57 Å². The third-order valence-corrected chi connectivity index (χ3v) is 2.54. The van der Waals surface area contributed by atoms with Gasteiger partial charge in [-0.3, -0.25) is 4.99 Å². The number of hydrogen-bond donors (Lipinski definition) is 0. The molecule has 1 heterocycles. The molecule has 1 aliphatic carbocycles. The maximum Gasteiger partial charge on any atom is 0.0395 e. The molecule has 0 atom stereocenters. The van der Waals surface area contributed by atoms with Gasteiger partial charge in [0, 0.05) is 12.3 Å². The molecule has 11 heavy (non-hydrogen) atoms. The zero-order valence-corrected chi connectivity index (χ0v) is 6.97. The molecule has 0 unspecified atom stereocenters. The Bertz CT molecular complexity index is 201. The molecule has 2 aliphatic rings. The van der Waals surface area contributed by atoms with Crippen LogP contribution in [-0.4, -0.2) is 12.3 Å². The molecule has 1 nitrogen and oxygen atoms in total. The van der Waals surface area contributed by atoms with Crippen molar-refractivity contribution in [1.82, 2.24) is 0 Å². The maximum atomic E-state index is 4.56. The van der Waals surface area contributed by atoms with E-state index < -0.39 is 0 Å². The molecule has 0 aromatic rings. The van der Waals surface area contributed by atoms with Crippen molar-refractivity contribution in [3.05, 3.63) is 11.6 Å². The van der Waals surface area contributed by atoms with Crippen LogP contribution in [0.5, 0.6) is 0 Å². The molecule has 0 N–H and O–H groups in total. The van der Waals surface area contributed by atoms with Gasteiger partial charge in [-0.1, -0.05) is 6.08 Å². The van der Waals surface area contributed by atoms with Gasteiger partial charge in [0.15, 0.2) is 0 Å². The summed E-state index contributed by atoms with van der Waals surface area (Å²) in [5, 5.41) is 0. The Labute approximate surface area is 68.2 Å². The number of fused-ring (bicyclic) bond motifs is 1. The number of aliphatic imine (C=N–C) groups is 1. The molecular formula is C10H15N. The van der Waals surface area contributed by atoms with E-state index in [0.717, 1.165) is 6.54 Å². The molecule has 0 aromatic carbocycles. The second-order valence-corrected chi connectivity index (χ2v) is 3.41. The van der Waals surface area contributed by atoms with Gasteiger partial charge in [-0.15, -0.1) is 0 Å². The van der Waals surface area contributed by atoms with E-state index in [1.807, 2.05) is 0 Å². The molecule has 1 aliphatic heterocycles. The van der Waals surface area contributed by atoms with Crippen LogP contribution in [0.4, 0.5) is 0 Å². The van der Waals surface area contributed by atoms with E-state index >= 15 is 0 Å². The van der Waals surface area contributed by atoms with Crippen LogP contribution >= 0.6 is 0 Å². The van der Waals surface area contributed by atoms with Gasteiger partial charge < -0.3 is 0 Å². The van der Waals surface area contributed by atoms with E-state index in [4.69, 9.17) is 0 Å². The first-order chi connectivity index (χ1) is 5.47. The summed E-state index contributed by atoms with van der Waals surface area (Å²) in [6, 6.07) is 0. The second-order valence-electron chi connectivity index (χ2n) is 3.41. The van der Waals surface area contributed by atoms with Crippen LogP contribution in [0.15, 0.2) is 16.6 Å². The van der Waals surface area contributed by atoms with Gasteiger partial charge >= 0.3 is 0 Å². The van der Waals surface area contributed by atoms with Crippen molar-refractivity contribution in [2.45, 2.75) is 38.5 Å². The average Bonchev–Trinajstić information content (AvgIpc) is 2.28. The Kier molecular flexibility index (Phi) is 2.06. The van der Waals surface area contributed by atoms with Gasteiger partial charge in [0.2, 0.25) is 0 Å². The molecule has 0 fully saturated rings. The SMILES string of the molecule is C1=C2CCCN=C2CCCC1. The Morgan fingerprint density at radius 3 is 3.09 bits per heavy atom. The zero-order chi connectivity index (χ0) is 7.52. The first kappa shape index (κ1) is 7.08. The van der Waals surface area contributed by atoms with E-state index in [2.05, 4.69) is 11.1 Å². The molecule has 0 saturated heterocycles. The normalized spacial score (nSPS) is 24.7. The topological polar surface area (TPSA) is 12.4 Å². The van der Waals surface area contributed by atoms with Crippen LogP contribution < -0.4 is 0 Å². The standard InChI is InChI=1S/C10H15N/c1-2-5-9-6-4-8-11-10(9)7-3-1/h5H,1-4,6-8H2. The summed E-state index contributed by atoms with van der Waals surface area (Å²) >= 11 is 0. The highest BCUT2D eigenvalue weighted by atomic mass is 14.7. The lowest BCUT2D eigenvalue weighted by atomic mass is 10.00. The summed E-state index contributed by atoms with van der Waals surface area (Å²) in [5.41, 5.74) is 2.99. The summed E-state index contributed by atoms with van der Waals surface area (Å²) in [4.78, 5) is 4.56. The van der Waals surface area contributed by atoms with E-state index in [0.29, 0.717) is 0 Å². The van der Waals surface area contributed by atoms with Crippen LogP contribution in [0.1, 0.15) is 38.5 Å². The third kappa shape index (κ3) is 1.52. The fraction of sp³-hybridized carbons (Fsp3) is 0.700. The second kappa shape index (κ2) is 3.21. The molecule has 60 valence electrons. The number of hydrogen-bond acceptors (Lipinski definition) is 1. The van der Waals surface area contributed by atoms with E-state index in [-0.39, 0.29) is 0 Å². The fourth-order valence-electron chi connectivity index (χ4n) is 1.90. The van der Waals surface area contributed by atoms with Crippen LogP contribution in [-0.2, 0) is 0 Å². The van der Waals surface area contributed by atoms with E-state index in [1.165, 1.54) is 44.2 Å². The number of nitrogens with zero attached hydrogens (tertiary/aromatic N) is 1. The van der Waals surface area contributed by atoms with Crippen LogP contribution in [0, 0.1) is 0 Å². The quantitative estimate of drug-likeness (QED) is 0.502. The van der Waals surface area contributed by atoms with Gasteiger partial charge in [0.25, 0.3) is 0 Å². The molecule has 0 radical (unpaired) electrons. The molecule has 1 heteroatoms. The van der Waals surface area contributed by atoms with Crippen molar-refractivity contribution >= 4 is 5.71 Å². The zero-order valence-electron chi connectivity index (χ0n) is 6.97. The summed E-state index contributed by atoms with van der Waals surface area (Å²) in [7, 11) is 0. The lowest BCUT2D eigenvalue weighted by Gasteiger charge is -2.13. The molecule has 0 aromatic heterocycles. The van der Waals surface area contributed by atoms with Crippen molar-refractivity contribution in [1.29, 1.82) is 0 Å². The minimum atomic E-state index is 1.08. The highest BCUT2D eigenvalue weighted by Crippen LogP contribution is 2.22. The lowest BCUT2D eigenvalue weighted by Crippen LogP contribution is -2.08. The van der Waals surface area contributed by atoms with Gasteiger partial charge in [-0.2, -0.15) is 0 Å². The average molecular weight is 149 g/mol. The highest BCUT2D eigenvalue weighted by Gasteiger charge is 2.12. The summed E-state index contributed by atoms with van der Waals surface area (Å²) in [6.45, 7) is 1.08. The molecule has 2 rings (SSSR count). The first-order valence-electron chi connectivity index (χ1n) is 4.69. The van der Waals surface area contributed by atoms with Crippen molar-refractivity contribution in [2.75, 3.05) is 6.54 Å². The molecule has 0 amide bonds. The van der Waals surface area contributed by atoms with Crippen LogP contribution in [0.3, 0.4) is 0 Å². The Morgan fingerprint density at radius 2 is 2.09 bits per heavy atom. The minimum Gasteiger partial charge on any atom is -0.289 e. The highest BCUT2D eigenvalue weighted by molar-refractivity contribution is 6.00. The smallest absolute Gasteiger partial charge is 0.0395 e. The van der Waals surface area contributed by atoms with Crippen molar-refractivity contribution in [2.24, 2.45) is 4.99 Å². The minimum absolute atomic E-state index is 1.08. The molecule has 0 saturated carbocycles. The van der Waals surface area contributed by atoms with Crippen molar-refractivity contribution < 1.29 is 0 Å². The fourth-order valence-corrected chi connectivity index (χ4v) is 1.90. The lowest BCUT2D eigenvalue weighted by molar-refractivity contribution is 0.779. The number of rotatable bonds is 0. The van der Waals surface area contributed by atoms with E-state index in [9.17, 15) is 0 Å². The van der Waals surface area contributed by atoms with Crippen molar-refractivity contribution in [3.63, 3.8) is 0 Å². The summed E-state index contributed by atoms with van der Waals surface area (Å²) < 4.78 is 0. The van der Waals surface area contributed by atoms with Gasteiger partial charge in [-0.25, -0.2) is 0 Å². The van der Waals surface area contributed by atoms with Gasteiger partial charge in [0.1, 0.15) is 0 Å². The predicted molar refractivity (Wildman–Crippen MR) is 48.1 cm³/mol. The number of allylic oxidation sites excluding steroid dienone is 2. The molecular weight excluding hydrogens is 134 g/mol. The first-order valence-corrected chi connectivity index (χ1v) is 4.69. The Balaban J connectivity index is 2.21. The Morgan fingerprint density at radius 1 is 1.09 bits per heavy atom. The van der Waals surface area contributed by atoms with Crippen LogP contribution in [0.25, 0.3) is 0 Å². The third-order valence-electron chi connectivity index (χ3n) is 2.54. The van der Waals surface area contributed by atoms with Gasteiger partial charge in [0.05, 0.1) is 0 Å². The van der Waals surface area contributed by atoms with Gasteiger partial charge in [-0.05, 0) is 44.1 Å². The Hall–Kier alpha value is -0.590. The monoisotopic (exact) mass is 149 g/mol. The van der Waals surface area contributed by atoms with Crippen molar-refractivity contribution in [3.8, 4) is 0 Å². The summed E-state index contributed by atoms with van der Waals surface area (Å²) in [6.07, 6.45) is 10.2. The predicted octanol–water partition coefficient (Wildman–Crippen LogP) is 2.72.